The van der Waals surface area contributed by atoms with Crippen molar-refractivity contribution in [3.05, 3.63) is 279 Å². The van der Waals surface area contributed by atoms with Gasteiger partial charge >= 0.3 is 12.4 Å². The van der Waals surface area contributed by atoms with Crippen molar-refractivity contribution in [2.24, 2.45) is 5.18 Å². The number of methoxy groups -OCH3 is 2. The molecule has 44 heteroatoms. The van der Waals surface area contributed by atoms with Crippen LogP contribution >= 0.6 is 0 Å². The average molecular weight is 1950 g/mol. The number of aromatic nitrogens is 3. The predicted molar refractivity (Wildman–Crippen MR) is 528 cm³/mol. The molecule has 0 atom stereocenters. The summed E-state index contributed by atoms with van der Waals surface area (Å²) in [7, 11) is 3.35. The van der Waals surface area contributed by atoms with E-state index in [1.54, 1.807) is 60.7 Å². The molecule has 744 valence electrons. The first kappa shape index (κ1) is 100. The number of aromatic amines is 2. The van der Waals surface area contributed by atoms with E-state index < -0.39 is 49.6 Å². The minimum atomic E-state index is -4.67. The summed E-state index contributed by atoms with van der Waals surface area (Å²) in [4.78, 5) is 108. The van der Waals surface area contributed by atoms with Gasteiger partial charge in [0.15, 0.2) is 0 Å². The van der Waals surface area contributed by atoms with Crippen LogP contribution in [-0.4, -0.2) is 256 Å². The number of nitroso groups, excluding NO2 is 1. The third-order valence-electron chi connectivity index (χ3n) is 26.7. The van der Waals surface area contributed by atoms with Crippen molar-refractivity contribution in [1.82, 2.24) is 14.9 Å². The van der Waals surface area contributed by atoms with E-state index in [4.69, 9.17) is 14.2 Å². The number of para-hydroxylation sites is 2. The summed E-state index contributed by atoms with van der Waals surface area (Å²) in [5.74, 6) is 3.14. The van der Waals surface area contributed by atoms with Crippen LogP contribution < -0.4 is 78.2 Å². The highest BCUT2D eigenvalue weighted by atomic mass is 19.4. The molecular weight excluding hydrogens is 1840 g/mol. The van der Waals surface area contributed by atoms with Gasteiger partial charge in [0.1, 0.15) is 39.9 Å². The third kappa shape index (κ3) is 23.6. The Balaban J connectivity index is 0.000000142. The van der Waals surface area contributed by atoms with E-state index in [0.29, 0.717) is 132 Å². The largest absolute Gasteiger partial charge is 0.870 e. The topological polar surface area (TPSA) is 391 Å². The molecule has 19 rings (SSSR count). The SMILES string of the molecule is COc1ccc(N2CCN(c3ccc([N+](=O)[O-])c(N4CCN(c5ccccc5OC)CC4)c3)CC2)cc1.O=Nc1c(N2CCN(c3cccc4[nH]ccc34)CC2)nc[nH+]c1N1CCN(Cc2ccccc2)CC1.O=[N+]([O-])c1ccc(N2CCN(c3ccc(C(F)(F)F)cc3[N+](=O)[O-])CC2)cc1N1CCCC1.O=[N+]([O-])c1ccc(N2CCN(c3ccc(C(F)(F)F)cc3[N+](=O)[O-])CC2)cc1N1CCOCC1.[OH-]. The van der Waals surface area contributed by atoms with Crippen LogP contribution in [0.2, 0.25) is 0 Å². The zero-order valence-corrected chi connectivity index (χ0v) is 77.8. The monoisotopic (exact) mass is 1950 g/mol. The number of fused-ring (bicyclic) bond motifs is 1. The van der Waals surface area contributed by atoms with Crippen molar-refractivity contribution >= 4 is 119 Å². The van der Waals surface area contributed by atoms with Crippen LogP contribution in [0.4, 0.5) is 135 Å². The molecule has 0 aliphatic carbocycles. The van der Waals surface area contributed by atoms with E-state index in [-0.39, 0.29) is 43.8 Å². The van der Waals surface area contributed by atoms with Gasteiger partial charge in [0.2, 0.25) is 17.8 Å². The molecule has 10 heterocycles. The fraction of sp³-hybridized carbons (Fsp3) is 0.381. The number of piperazine rings is 6. The van der Waals surface area contributed by atoms with E-state index in [1.807, 2.05) is 68.3 Å². The lowest BCUT2D eigenvalue weighted by Crippen LogP contribution is -2.48. The number of alkyl halides is 6. The summed E-state index contributed by atoms with van der Waals surface area (Å²) < 4.78 is 94.1. The number of anilines is 13. The van der Waals surface area contributed by atoms with E-state index in [2.05, 4.69) is 132 Å². The van der Waals surface area contributed by atoms with Crippen LogP contribution in [0, 0.1) is 55.5 Å². The highest BCUT2D eigenvalue weighted by Gasteiger charge is 2.40. The van der Waals surface area contributed by atoms with Crippen LogP contribution in [0.15, 0.2) is 212 Å². The minimum absolute atomic E-state index is 0. The Hall–Kier alpha value is -15.3. The predicted octanol–water partition coefficient (Wildman–Crippen LogP) is 15.6. The fourth-order valence-electron chi connectivity index (χ4n) is 19.3. The van der Waals surface area contributed by atoms with Crippen LogP contribution in [0.25, 0.3) is 10.9 Å². The second-order valence-electron chi connectivity index (χ2n) is 34.7. The molecule has 0 saturated carbocycles. The first-order valence-corrected chi connectivity index (χ1v) is 46.4. The molecule has 0 radical (unpaired) electrons. The summed E-state index contributed by atoms with van der Waals surface area (Å²) >= 11 is 0. The number of nitrogens with zero attached hydrogens (tertiary/aromatic N) is 21. The van der Waals surface area contributed by atoms with E-state index in [0.717, 1.165) is 194 Å². The number of halogens is 6. The van der Waals surface area contributed by atoms with Gasteiger partial charge in [0.05, 0.1) is 82.0 Å². The molecule has 8 fully saturated rings. The fourth-order valence-corrected chi connectivity index (χ4v) is 19.3. The van der Waals surface area contributed by atoms with Gasteiger partial charge in [-0.2, -0.15) is 26.3 Å². The molecule has 0 bridgehead atoms. The summed E-state index contributed by atoms with van der Waals surface area (Å²) in [5.41, 5.74) is 7.96. The quantitative estimate of drug-likeness (QED) is 0.0269. The molecule has 8 aliphatic rings. The van der Waals surface area contributed by atoms with E-state index >= 15 is 0 Å². The summed E-state index contributed by atoms with van der Waals surface area (Å²) in [6.07, 6.45) is -3.69. The Labute approximate surface area is 807 Å². The average Bonchev–Trinajstić information content (AvgIpc) is 1.51. The molecule has 141 heavy (non-hydrogen) atoms. The van der Waals surface area contributed by atoms with Crippen LogP contribution in [-0.2, 0) is 23.6 Å². The van der Waals surface area contributed by atoms with E-state index in [1.165, 1.54) is 34.5 Å². The zero-order chi connectivity index (χ0) is 98.3. The maximum Gasteiger partial charge on any atom is 0.416 e. The van der Waals surface area contributed by atoms with Crippen molar-refractivity contribution in [3.63, 3.8) is 0 Å². The van der Waals surface area contributed by atoms with Crippen molar-refractivity contribution in [2.75, 3.05) is 274 Å². The van der Waals surface area contributed by atoms with Gasteiger partial charge in [-0.1, -0.05) is 53.5 Å². The highest BCUT2D eigenvalue weighted by Crippen LogP contribution is 2.45. The second-order valence-corrected chi connectivity index (χ2v) is 34.7. The maximum atomic E-state index is 13.0. The number of ether oxygens (including phenoxy) is 3. The van der Waals surface area contributed by atoms with Gasteiger partial charge < -0.3 is 83.5 Å². The van der Waals surface area contributed by atoms with Gasteiger partial charge in [-0.05, 0) is 139 Å². The minimum Gasteiger partial charge on any atom is -0.870 e. The van der Waals surface area contributed by atoms with Crippen LogP contribution in [0.1, 0.15) is 29.5 Å². The Morgan fingerprint density at radius 1 is 0.383 bits per heavy atom. The van der Waals surface area contributed by atoms with Crippen molar-refractivity contribution in [3.8, 4) is 11.5 Å². The lowest BCUT2D eigenvalue weighted by Gasteiger charge is -2.39. The van der Waals surface area contributed by atoms with Gasteiger partial charge in [-0.25, -0.2) is 4.98 Å². The smallest absolute Gasteiger partial charge is 0.416 e. The normalized spacial score (nSPS) is 16.6. The summed E-state index contributed by atoms with van der Waals surface area (Å²) in [6.45, 7) is 21.0. The molecular formula is C97H109F6N23O15. The summed E-state index contributed by atoms with van der Waals surface area (Å²) in [6, 6.07) is 55.7. The van der Waals surface area contributed by atoms with Gasteiger partial charge in [0, 0.05) is 253 Å². The van der Waals surface area contributed by atoms with Gasteiger partial charge in [-0.15, -0.1) is 4.91 Å². The Morgan fingerprint density at radius 3 is 1.22 bits per heavy atom. The highest BCUT2D eigenvalue weighted by molar-refractivity contribution is 5.93. The lowest BCUT2D eigenvalue weighted by atomic mass is 10.1. The number of rotatable bonds is 23. The number of nitro benzene ring substituents is 5. The van der Waals surface area contributed by atoms with Gasteiger partial charge in [0.25, 0.3) is 34.3 Å². The standard InChI is InChI=1S/C28H33N5O4.C27H30N8O.C21H22F3N5O5.C21H22F3N5O4.H2O/c1-36-24-10-7-22(8-11-24)29-13-15-30(16-14-29)23-9-12-25(33(34)35)27(21-23)32-19-17-31(18-20-32)26-5-3-4-6-28(26)37-2;36-31-25-26(34-13-11-32(12-14-34)19-21-5-2-1-3-6-21)29-20-30-27(25)35-17-15-33(16-18-35)24-8-4-7-23-22(24)9-10-28-23;22-21(23,24)15-1-3-17(20(13-15)29(32)33)26-7-5-25(6-8-26)16-2-4-18(28(30)31)19(14-16)27-9-11-34-12-10-27;22-21(23,24)15-3-5-17(20(13-15)29(32)33)27-11-9-25(10-12-27)16-4-6-18(28(30)31)19(14-16)26-7-1-2-8-26;/h3-12,21H,13-20H2,1-2H3;1-10,20,28H,11-19H2;1-4,13-14H,5-12H2;3-6,13-14H,1-2,7-12H2;1H2. The molecule has 0 unspecified atom stereocenters. The number of hydrogen-bond donors (Lipinski definition) is 1. The maximum absolute atomic E-state index is 13.0. The van der Waals surface area contributed by atoms with Crippen molar-refractivity contribution in [2.45, 2.75) is 31.7 Å². The summed E-state index contributed by atoms with van der Waals surface area (Å²) in [5, 5.41) is 62.4. The number of H-pyrrole nitrogens is 2. The Morgan fingerprint density at radius 2 is 0.773 bits per heavy atom. The molecule has 8 saturated heterocycles. The first-order valence-electron chi connectivity index (χ1n) is 46.4. The zero-order valence-electron chi connectivity index (χ0n) is 77.8. The number of nitro groups is 5. The molecule has 8 aliphatic heterocycles. The number of nitrogens with one attached hydrogen (secondary N) is 2. The Bertz CT molecular complexity index is 6180. The number of morpholine rings is 1. The molecule has 2 aromatic heterocycles. The van der Waals surface area contributed by atoms with E-state index in [9.17, 15) is 81.8 Å². The molecule has 38 nitrogen and oxygen atoms in total. The molecule has 0 spiro atoms. The lowest BCUT2D eigenvalue weighted by molar-refractivity contribution is -0.384. The molecule has 0 amide bonds. The van der Waals surface area contributed by atoms with Crippen molar-refractivity contribution < 1.29 is 75.6 Å². The number of benzene rings is 9. The molecule has 9 aromatic carbocycles. The van der Waals surface area contributed by atoms with Crippen molar-refractivity contribution in [1.29, 1.82) is 0 Å². The Kier molecular flexibility index (Phi) is 32.0. The third-order valence-corrected chi connectivity index (χ3v) is 26.7. The van der Waals surface area contributed by atoms with Gasteiger partial charge in [-0.3, -0.25) is 60.4 Å². The molecule has 3 N–H and O–H groups in total. The number of hydrogen-bond acceptors (Lipinski definition) is 31. The molecule has 11 aromatic rings. The first-order chi connectivity index (χ1) is 67.7. The second kappa shape index (κ2) is 45.1. The van der Waals surface area contributed by atoms with Crippen LogP contribution in [0.5, 0.6) is 11.5 Å². The van der Waals surface area contributed by atoms with Crippen LogP contribution in [0.3, 0.4) is 0 Å².